The highest BCUT2D eigenvalue weighted by Gasteiger charge is 2.23. The Bertz CT molecular complexity index is 1920. The van der Waals surface area contributed by atoms with Crippen LogP contribution in [-0.4, -0.2) is 62.6 Å². The highest BCUT2D eigenvalue weighted by molar-refractivity contribution is 8.08. The van der Waals surface area contributed by atoms with Gasteiger partial charge < -0.3 is 9.50 Å². The summed E-state index contributed by atoms with van der Waals surface area (Å²) in [5, 5.41) is 7.26. The van der Waals surface area contributed by atoms with Gasteiger partial charge in [-0.15, -0.1) is 0 Å². The lowest BCUT2D eigenvalue weighted by atomic mass is 9.89. The molecule has 1 aliphatic rings. The minimum Gasteiger partial charge on any atom is -0.382 e. The monoisotopic (exact) mass is 606 g/mol. The van der Waals surface area contributed by atoms with Crippen molar-refractivity contribution in [3.05, 3.63) is 59.9 Å². The van der Waals surface area contributed by atoms with Crippen LogP contribution in [0.1, 0.15) is 24.0 Å². The van der Waals surface area contributed by atoms with Crippen LogP contribution in [0.5, 0.6) is 5.75 Å². The number of anilines is 3. The number of fused-ring (bicyclic) bond motifs is 2. The fourth-order valence-electron chi connectivity index (χ4n) is 4.55. The third-order valence-electron chi connectivity index (χ3n) is 6.03. The van der Waals surface area contributed by atoms with Crippen LogP contribution in [0.2, 0.25) is 0 Å². The van der Waals surface area contributed by atoms with Crippen molar-refractivity contribution in [1.29, 1.82) is 0 Å². The van der Waals surface area contributed by atoms with Crippen molar-refractivity contribution >= 4 is 58.3 Å². The van der Waals surface area contributed by atoms with Gasteiger partial charge >= 0.3 is 10.1 Å². The Morgan fingerprint density at radius 3 is 2.23 bits per heavy atom. The van der Waals surface area contributed by atoms with Crippen molar-refractivity contribution in [3.8, 4) is 11.4 Å². The molecule has 4 aromatic rings. The first kappa shape index (κ1) is 27.8. The molecule has 2 aromatic heterocycles. The summed E-state index contributed by atoms with van der Waals surface area (Å²) in [6.07, 6.45) is 8.43. The van der Waals surface area contributed by atoms with E-state index in [2.05, 4.69) is 25.1 Å². The van der Waals surface area contributed by atoms with Gasteiger partial charge in [0.1, 0.15) is 5.75 Å². The number of nitrogens with zero attached hydrogens (tertiary/aromatic N) is 4. The van der Waals surface area contributed by atoms with Gasteiger partial charge in [0.2, 0.25) is 16.0 Å². The lowest BCUT2D eigenvalue weighted by Crippen LogP contribution is -2.22. The number of sulfone groups is 1. The zero-order valence-corrected chi connectivity index (χ0v) is 24.0. The summed E-state index contributed by atoms with van der Waals surface area (Å²) in [4.78, 5) is 8.97. The molecule has 13 nitrogen and oxygen atoms in total. The predicted octanol–water partition coefficient (Wildman–Crippen LogP) is 2.52. The Hall–Kier alpha value is -3.76. The van der Waals surface area contributed by atoms with Crippen LogP contribution < -0.4 is 14.2 Å². The molecule has 2 heterocycles. The standard InChI is InChI=1S/C24H26N6O7S3/c1-38(31,32)15-40(35,36)29-18-9-7-17(8-10-18)27-24-25-13-16-14-26-30(23(16)28-24)21-11-12-22(37-39(2,33)34)20-6-4-3-5-19(20)21/h7-14,29H,3-6,15H2,1-2H3,(H,25,27,28). The van der Waals surface area contributed by atoms with Gasteiger partial charge in [0.25, 0.3) is 0 Å². The van der Waals surface area contributed by atoms with Crippen LogP contribution in [0.25, 0.3) is 16.7 Å². The molecule has 0 saturated heterocycles. The summed E-state index contributed by atoms with van der Waals surface area (Å²) < 4.78 is 79.5. The molecule has 212 valence electrons. The summed E-state index contributed by atoms with van der Waals surface area (Å²) in [7, 11) is -11.5. The maximum atomic E-state index is 12.0. The van der Waals surface area contributed by atoms with Crippen molar-refractivity contribution in [1.82, 2.24) is 19.7 Å². The molecule has 0 spiro atoms. The van der Waals surface area contributed by atoms with E-state index in [4.69, 9.17) is 4.18 Å². The SMILES string of the molecule is CS(=O)(=O)CS(=O)(=O)Nc1ccc(Nc2ncc3cnn(-c4ccc(OS(C)(=O)=O)c5c4CCCC5)c3n2)cc1. The van der Waals surface area contributed by atoms with E-state index < -0.39 is 35.1 Å². The molecule has 0 bridgehead atoms. The lowest BCUT2D eigenvalue weighted by molar-refractivity contribution is 0.486. The summed E-state index contributed by atoms with van der Waals surface area (Å²) in [6.45, 7) is 0. The van der Waals surface area contributed by atoms with Crippen molar-refractivity contribution in [2.24, 2.45) is 0 Å². The van der Waals surface area contributed by atoms with Crippen LogP contribution in [0, 0.1) is 0 Å². The number of hydrogen-bond donors (Lipinski definition) is 2. The fourth-order valence-corrected chi connectivity index (χ4v) is 8.02. The van der Waals surface area contributed by atoms with Gasteiger partial charge in [-0.1, -0.05) is 0 Å². The summed E-state index contributed by atoms with van der Waals surface area (Å²) in [5.41, 5.74) is 3.89. The third kappa shape index (κ3) is 6.51. The van der Waals surface area contributed by atoms with E-state index in [-0.39, 0.29) is 11.6 Å². The van der Waals surface area contributed by atoms with Gasteiger partial charge in [-0.2, -0.15) is 18.5 Å². The molecule has 0 fully saturated rings. The number of nitrogens with one attached hydrogen (secondary N) is 2. The van der Waals surface area contributed by atoms with E-state index in [1.165, 1.54) is 12.1 Å². The van der Waals surface area contributed by atoms with E-state index in [1.807, 2.05) is 0 Å². The molecular formula is C24H26N6O7S3. The molecule has 0 aliphatic heterocycles. The Balaban J connectivity index is 1.42. The second-order valence-electron chi connectivity index (χ2n) is 9.53. The van der Waals surface area contributed by atoms with Crippen LogP contribution in [0.15, 0.2) is 48.8 Å². The number of sulfonamides is 1. The minimum atomic E-state index is -4.06. The first-order valence-electron chi connectivity index (χ1n) is 12.1. The molecule has 0 atom stereocenters. The molecule has 0 saturated carbocycles. The Kier molecular flexibility index (Phi) is 7.18. The zero-order valence-electron chi connectivity index (χ0n) is 21.5. The van der Waals surface area contributed by atoms with E-state index >= 15 is 0 Å². The van der Waals surface area contributed by atoms with Gasteiger partial charge in [0, 0.05) is 29.4 Å². The van der Waals surface area contributed by atoms with Gasteiger partial charge in [0.05, 0.1) is 23.5 Å². The second-order valence-corrected chi connectivity index (χ2v) is 15.3. The molecule has 0 amide bonds. The number of benzene rings is 2. The van der Waals surface area contributed by atoms with Crippen LogP contribution in [-0.2, 0) is 42.8 Å². The quantitative estimate of drug-likeness (QED) is 0.267. The second kappa shape index (κ2) is 10.3. The van der Waals surface area contributed by atoms with E-state index in [0.29, 0.717) is 28.9 Å². The lowest BCUT2D eigenvalue weighted by Gasteiger charge is -2.22. The van der Waals surface area contributed by atoms with E-state index in [1.54, 1.807) is 41.3 Å². The summed E-state index contributed by atoms with van der Waals surface area (Å²) in [6, 6.07) is 9.57. The summed E-state index contributed by atoms with van der Waals surface area (Å²) in [5.74, 6) is 0.599. The topological polar surface area (TPSA) is 179 Å². The maximum absolute atomic E-state index is 12.0. The highest BCUT2D eigenvalue weighted by Crippen LogP contribution is 2.35. The van der Waals surface area contributed by atoms with Gasteiger partial charge in [0.15, 0.2) is 20.6 Å². The molecule has 40 heavy (non-hydrogen) atoms. The van der Waals surface area contributed by atoms with E-state index in [9.17, 15) is 25.3 Å². The van der Waals surface area contributed by atoms with E-state index in [0.717, 1.165) is 48.6 Å². The minimum absolute atomic E-state index is 0.205. The fraction of sp³-hybridized carbons (Fsp3) is 0.292. The van der Waals surface area contributed by atoms with Crippen LogP contribution >= 0.6 is 0 Å². The molecule has 0 radical (unpaired) electrons. The van der Waals surface area contributed by atoms with Gasteiger partial charge in [-0.3, -0.25) is 4.72 Å². The van der Waals surface area contributed by atoms with Crippen molar-refractivity contribution in [2.75, 3.05) is 27.6 Å². The third-order valence-corrected chi connectivity index (χ3v) is 10.0. The van der Waals surface area contributed by atoms with Gasteiger partial charge in [-0.25, -0.2) is 26.5 Å². The maximum Gasteiger partial charge on any atom is 0.306 e. The molecule has 2 aromatic carbocycles. The number of rotatable bonds is 9. The molecule has 5 rings (SSSR count). The van der Waals surface area contributed by atoms with Gasteiger partial charge in [-0.05, 0) is 67.6 Å². The smallest absolute Gasteiger partial charge is 0.306 e. The molecule has 16 heteroatoms. The largest absolute Gasteiger partial charge is 0.382 e. The van der Waals surface area contributed by atoms with Crippen molar-refractivity contribution in [3.63, 3.8) is 0 Å². The average Bonchev–Trinajstić information content (AvgIpc) is 3.26. The first-order chi connectivity index (χ1) is 18.8. The number of hydrogen-bond acceptors (Lipinski definition) is 11. The Morgan fingerprint density at radius 1 is 0.875 bits per heavy atom. The normalized spacial score (nSPS) is 14.1. The molecular weight excluding hydrogens is 581 g/mol. The molecule has 2 N–H and O–H groups in total. The number of aromatic nitrogens is 4. The Morgan fingerprint density at radius 2 is 1.55 bits per heavy atom. The average molecular weight is 607 g/mol. The van der Waals surface area contributed by atoms with Crippen molar-refractivity contribution in [2.45, 2.75) is 25.7 Å². The molecule has 1 aliphatic carbocycles. The van der Waals surface area contributed by atoms with Crippen molar-refractivity contribution < 1.29 is 29.4 Å². The zero-order chi connectivity index (χ0) is 28.7. The first-order valence-corrected chi connectivity index (χ1v) is 17.6. The predicted molar refractivity (Wildman–Crippen MR) is 151 cm³/mol. The highest BCUT2D eigenvalue weighted by atomic mass is 32.3. The van der Waals surface area contributed by atoms with Crippen LogP contribution in [0.4, 0.5) is 17.3 Å². The molecule has 0 unspecified atom stereocenters. The van der Waals surface area contributed by atoms with Crippen LogP contribution in [0.3, 0.4) is 0 Å². The Labute approximate surface area is 231 Å². The summed E-state index contributed by atoms with van der Waals surface area (Å²) >= 11 is 0.